The zero-order valence-corrected chi connectivity index (χ0v) is 27.0. The van der Waals surface area contributed by atoms with Gasteiger partial charge in [0.1, 0.15) is 5.69 Å². The number of hydrogen-bond acceptors (Lipinski definition) is 8. The van der Waals surface area contributed by atoms with Crippen LogP contribution in [0.1, 0.15) is 62.4 Å². The van der Waals surface area contributed by atoms with Gasteiger partial charge < -0.3 is 14.4 Å². The Bertz CT molecular complexity index is 1490. The molecule has 1 aromatic rings. The van der Waals surface area contributed by atoms with Gasteiger partial charge >= 0.3 is 0 Å². The fraction of sp³-hybridized carbons (Fsp3) is 0.606. The van der Waals surface area contributed by atoms with Gasteiger partial charge in [0.15, 0.2) is 17.4 Å². The summed E-state index contributed by atoms with van der Waals surface area (Å²) in [6.07, 6.45) is 15.2. The van der Waals surface area contributed by atoms with E-state index in [9.17, 15) is 18.0 Å². The monoisotopic (exact) mass is 643 g/mol. The number of ether oxygens (including phenoxy) is 2. The molecule has 6 rings (SSSR count). The maximum Gasteiger partial charge on any atom is 0.283 e. The number of allylic oxidation sites excluding steroid dienone is 6. The zero-order valence-electron chi connectivity index (χ0n) is 25.4. The zero-order chi connectivity index (χ0) is 31.1. The molecular formula is C33H42ClN3O6S. The molecule has 2 saturated carbocycles. The molecule has 3 heterocycles. The van der Waals surface area contributed by atoms with E-state index in [1.165, 1.54) is 13.2 Å². The van der Waals surface area contributed by atoms with Crippen LogP contribution in [0.15, 0.2) is 47.5 Å². The van der Waals surface area contributed by atoms with Crippen molar-refractivity contribution in [2.45, 2.75) is 57.1 Å². The minimum atomic E-state index is -4.08. The predicted molar refractivity (Wildman–Crippen MR) is 169 cm³/mol. The van der Waals surface area contributed by atoms with Crippen molar-refractivity contribution in [3.8, 4) is 5.75 Å². The van der Waals surface area contributed by atoms with Crippen LogP contribution in [-0.4, -0.2) is 63.8 Å². The molecule has 44 heavy (non-hydrogen) atoms. The smallest absolute Gasteiger partial charge is 0.283 e. The largest absolute Gasteiger partial charge is 0.489 e. The first-order chi connectivity index (χ1) is 21.1. The SMILES string of the molecule is COCC[C@@H]1[C@@H](C)C/C=C/C(=O)[C@@H]2CC[C@H]2CN2C[C@@]3(CCCC4C=C(Cl)C=CC43)COc3ccc(nc32)C(=O)NS1(=O)=O. The Labute approximate surface area is 265 Å². The number of sulfonamides is 1. The molecule has 1 aromatic heterocycles. The van der Waals surface area contributed by atoms with Gasteiger partial charge in [0.2, 0.25) is 10.0 Å². The summed E-state index contributed by atoms with van der Waals surface area (Å²) in [5, 5.41) is -0.123. The Kier molecular flexibility index (Phi) is 8.96. The first-order valence-corrected chi connectivity index (χ1v) is 17.7. The summed E-state index contributed by atoms with van der Waals surface area (Å²) in [7, 11) is -2.57. The summed E-state index contributed by atoms with van der Waals surface area (Å²) in [5.41, 5.74) is -0.202. The summed E-state index contributed by atoms with van der Waals surface area (Å²) in [4.78, 5) is 33.8. The standard InChI is InChI=1S/C33H42ClN3O6S/c1-21-5-3-7-28(38)25-10-8-23(25)18-37-19-33(15-4-6-22-17-24(34)9-11-26(22)33)20-43-29-13-12-27(35-31(29)37)32(39)36-44(40,41)30(21)14-16-42-2/h3,7,9,11-13,17,21-23,25-26,30H,4-6,8,10,14-16,18-20H2,1-2H3,(H,36,39)/b7-3+/t21-,22?,23-,25+,26?,30+,33-/m0/s1. The molecule has 1 amide bonds. The molecule has 0 saturated heterocycles. The summed E-state index contributed by atoms with van der Waals surface area (Å²) < 4.78 is 41.1. The number of nitrogens with one attached hydrogen (secondary N) is 1. The molecule has 238 valence electrons. The second kappa shape index (κ2) is 12.6. The van der Waals surface area contributed by atoms with E-state index < -0.39 is 21.2 Å². The van der Waals surface area contributed by atoms with Crippen LogP contribution in [0.25, 0.3) is 0 Å². The Balaban J connectivity index is 1.39. The van der Waals surface area contributed by atoms with E-state index in [0.717, 1.165) is 37.1 Å². The summed E-state index contributed by atoms with van der Waals surface area (Å²) in [6, 6.07) is 3.26. The van der Waals surface area contributed by atoms with Gasteiger partial charge in [0, 0.05) is 43.2 Å². The van der Waals surface area contributed by atoms with Crippen molar-refractivity contribution in [3.05, 3.63) is 53.2 Å². The van der Waals surface area contributed by atoms with Crippen molar-refractivity contribution in [3.63, 3.8) is 0 Å². The van der Waals surface area contributed by atoms with Gasteiger partial charge in [0.05, 0.1) is 11.9 Å². The lowest BCUT2D eigenvalue weighted by Gasteiger charge is -2.49. The van der Waals surface area contributed by atoms with Crippen LogP contribution in [-0.2, 0) is 19.6 Å². The molecular weight excluding hydrogens is 602 g/mol. The fourth-order valence-electron chi connectivity index (χ4n) is 7.96. The molecule has 2 bridgehead atoms. The Morgan fingerprint density at radius 2 is 2.05 bits per heavy atom. The van der Waals surface area contributed by atoms with E-state index in [0.29, 0.717) is 43.6 Å². The van der Waals surface area contributed by atoms with Crippen LogP contribution in [0.3, 0.4) is 0 Å². The normalized spacial score (nSPS) is 35.7. The number of carbonyl (C=O) groups is 2. The number of carbonyl (C=O) groups excluding carboxylic acids is 2. The third-order valence-corrected chi connectivity index (χ3v) is 12.7. The van der Waals surface area contributed by atoms with Crippen LogP contribution >= 0.6 is 11.6 Å². The molecule has 5 aliphatic rings. The van der Waals surface area contributed by atoms with Gasteiger partial charge in [-0.15, -0.1) is 0 Å². The van der Waals surface area contributed by atoms with Gasteiger partial charge in [-0.05, 0) is 86.5 Å². The lowest BCUT2D eigenvalue weighted by atomic mass is 9.60. The van der Waals surface area contributed by atoms with Crippen LogP contribution in [0.4, 0.5) is 5.82 Å². The second-order valence-corrected chi connectivity index (χ2v) is 15.6. The van der Waals surface area contributed by atoms with Crippen molar-refractivity contribution in [1.82, 2.24) is 9.71 Å². The van der Waals surface area contributed by atoms with Crippen molar-refractivity contribution >= 4 is 39.1 Å². The van der Waals surface area contributed by atoms with Crippen molar-refractivity contribution in [2.24, 2.45) is 35.0 Å². The van der Waals surface area contributed by atoms with E-state index >= 15 is 0 Å². The molecule has 2 unspecified atom stereocenters. The van der Waals surface area contributed by atoms with Crippen LogP contribution in [0.2, 0.25) is 0 Å². The molecule has 2 fully saturated rings. The number of hydrogen-bond donors (Lipinski definition) is 1. The first kappa shape index (κ1) is 31.3. The molecule has 0 radical (unpaired) electrons. The lowest BCUT2D eigenvalue weighted by molar-refractivity contribution is -0.122. The summed E-state index contributed by atoms with van der Waals surface area (Å²) >= 11 is 6.41. The van der Waals surface area contributed by atoms with Gasteiger partial charge in [-0.25, -0.2) is 18.1 Å². The number of halogens is 1. The van der Waals surface area contributed by atoms with E-state index in [1.54, 1.807) is 18.2 Å². The molecule has 11 heteroatoms. The van der Waals surface area contributed by atoms with E-state index in [1.807, 2.05) is 13.0 Å². The third-order valence-electron chi connectivity index (χ3n) is 10.5. The molecule has 2 aliphatic heterocycles. The number of ketones is 1. The molecule has 1 N–H and O–H groups in total. The highest BCUT2D eigenvalue weighted by atomic mass is 35.5. The Morgan fingerprint density at radius 1 is 1.20 bits per heavy atom. The quantitative estimate of drug-likeness (QED) is 0.488. The molecule has 1 spiro atoms. The maximum absolute atomic E-state index is 13.5. The summed E-state index contributed by atoms with van der Waals surface area (Å²) in [6.45, 7) is 3.79. The second-order valence-electron chi connectivity index (χ2n) is 13.3. The predicted octanol–water partition coefficient (Wildman–Crippen LogP) is 5.03. The van der Waals surface area contributed by atoms with Gasteiger partial charge in [-0.2, -0.15) is 0 Å². The minimum Gasteiger partial charge on any atom is -0.489 e. The van der Waals surface area contributed by atoms with Gasteiger partial charge in [-0.3, -0.25) is 9.59 Å². The number of nitrogens with zero attached hydrogens (tertiary/aromatic N) is 2. The maximum atomic E-state index is 13.5. The Hall–Kier alpha value is -2.69. The van der Waals surface area contributed by atoms with Crippen molar-refractivity contribution < 1.29 is 27.5 Å². The number of amides is 1. The number of rotatable bonds is 3. The molecule has 9 nitrogen and oxygen atoms in total. The van der Waals surface area contributed by atoms with Crippen LogP contribution < -0.4 is 14.4 Å². The summed E-state index contributed by atoms with van der Waals surface area (Å²) in [5.74, 6) is 0.636. The molecule has 7 atom stereocenters. The number of anilines is 1. The van der Waals surface area contributed by atoms with E-state index in [2.05, 4.69) is 21.8 Å². The van der Waals surface area contributed by atoms with E-state index in [-0.39, 0.29) is 53.6 Å². The number of fused-ring (bicyclic) bond motifs is 4. The number of aromatic nitrogens is 1. The highest BCUT2D eigenvalue weighted by Gasteiger charge is 2.49. The van der Waals surface area contributed by atoms with Gasteiger partial charge in [0.25, 0.3) is 5.91 Å². The van der Waals surface area contributed by atoms with E-state index in [4.69, 9.17) is 26.1 Å². The highest BCUT2D eigenvalue weighted by Crippen LogP contribution is 2.51. The fourth-order valence-corrected chi connectivity index (χ4v) is 9.84. The van der Waals surface area contributed by atoms with Crippen molar-refractivity contribution in [2.75, 3.05) is 38.3 Å². The average Bonchev–Trinajstić information content (AvgIpc) is 3.11. The average molecular weight is 644 g/mol. The van der Waals surface area contributed by atoms with Gasteiger partial charge in [-0.1, -0.05) is 43.2 Å². The minimum absolute atomic E-state index is 0.0112. The molecule has 3 aliphatic carbocycles. The lowest BCUT2D eigenvalue weighted by Crippen LogP contribution is -2.51. The number of pyridine rings is 1. The van der Waals surface area contributed by atoms with Crippen molar-refractivity contribution in [1.29, 1.82) is 0 Å². The molecule has 0 aromatic carbocycles. The highest BCUT2D eigenvalue weighted by molar-refractivity contribution is 7.90. The third kappa shape index (κ3) is 6.09. The topological polar surface area (TPSA) is 115 Å². The first-order valence-electron chi connectivity index (χ1n) is 15.8. The van der Waals surface area contributed by atoms with Crippen LogP contribution in [0, 0.1) is 35.0 Å². The Morgan fingerprint density at radius 3 is 2.82 bits per heavy atom. The van der Waals surface area contributed by atoms with Crippen LogP contribution in [0.5, 0.6) is 5.75 Å². The number of methoxy groups -OCH3 is 1.